The van der Waals surface area contributed by atoms with Crippen molar-refractivity contribution in [2.24, 2.45) is 0 Å². The molecule has 0 saturated carbocycles. The number of amides is 2. The second kappa shape index (κ2) is 10.7. The molecule has 0 aliphatic carbocycles. The zero-order valence-corrected chi connectivity index (χ0v) is 21.6. The van der Waals surface area contributed by atoms with Gasteiger partial charge in [-0.3, -0.25) is 14.5 Å². The highest BCUT2D eigenvalue weighted by atomic mass is 16.7. The largest absolute Gasteiger partial charge is 0.454 e. The van der Waals surface area contributed by atoms with Crippen molar-refractivity contribution < 1.29 is 23.8 Å². The van der Waals surface area contributed by atoms with Crippen LogP contribution in [0.1, 0.15) is 30.0 Å². The molecular formula is C29H29N5O5. The van der Waals surface area contributed by atoms with Gasteiger partial charge < -0.3 is 19.5 Å². The van der Waals surface area contributed by atoms with Crippen molar-refractivity contribution >= 4 is 28.5 Å². The third-order valence-corrected chi connectivity index (χ3v) is 7.13. The fraction of sp³-hybridized carbons (Fsp3) is 0.310. The molecule has 6 rings (SSSR count). The molecule has 3 heterocycles. The van der Waals surface area contributed by atoms with E-state index in [0.29, 0.717) is 35.9 Å². The lowest BCUT2D eigenvalue weighted by Crippen LogP contribution is -2.47. The summed E-state index contributed by atoms with van der Waals surface area (Å²) in [6, 6.07) is 19.3. The molecule has 1 saturated heterocycles. The molecule has 0 unspecified atom stereocenters. The van der Waals surface area contributed by atoms with Gasteiger partial charge in [-0.15, -0.1) is 5.10 Å². The van der Waals surface area contributed by atoms with Crippen molar-refractivity contribution in [3.8, 4) is 11.5 Å². The summed E-state index contributed by atoms with van der Waals surface area (Å²) in [6.45, 7) is 2.98. The summed E-state index contributed by atoms with van der Waals surface area (Å²) in [5.74, 6) is 0.475. The number of carbonyl (C=O) groups is 2. The van der Waals surface area contributed by atoms with E-state index >= 15 is 0 Å². The van der Waals surface area contributed by atoms with E-state index in [-0.39, 0.29) is 31.3 Å². The van der Waals surface area contributed by atoms with Gasteiger partial charge in [-0.25, -0.2) is 4.68 Å². The summed E-state index contributed by atoms with van der Waals surface area (Å²) >= 11 is 0. The maximum atomic E-state index is 14.2. The molecule has 10 nitrogen and oxygen atoms in total. The monoisotopic (exact) mass is 527 g/mol. The van der Waals surface area contributed by atoms with Gasteiger partial charge in [0.1, 0.15) is 18.1 Å². The first-order valence-electron chi connectivity index (χ1n) is 13.0. The van der Waals surface area contributed by atoms with E-state index in [0.717, 1.165) is 29.5 Å². The molecule has 0 spiro atoms. The van der Waals surface area contributed by atoms with Crippen LogP contribution in [0.2, 0.25) is 0 Å². The number of anilines is 1. The maximum absolute atomic E-state index is 14.2. The van der Waals surface area contributed by atoms with Gasteiger partial charge in [0.2, 0.25) is 18.6 Å². The van der Waals surface area contributed by atoms with E-state index in [1.165, 1.54) is 4.90 Å². The Kier molecular flexibility index (Phi) is 6.85. The maximum Gasteiger partial charge on any atom is 0.249 e. The van der Waals surface area contributed by atoms with Crippen LogP contribution in [-0.4, -0.2) is 52.9 Å². The first kappa shape index (κ1) is 24.9. The molecule has 10 heteroatoms. The van der Waals surface area contributed by atoms with Gasteiger partial charge in [0.05, 0.1) is 11.6 Å². The van der Waals surface area contributed by atoms with E-state index in [1.807, 2.05) is 55.5 Å². The van der Waals surface area contributed by atoms with Gasteiger partial charge in [-0.1, -0.05) is 41.6 Å². The number of aromatic nitrogens is 3. The number of hydrogen-bond acceptors (Lipinski definition) is 7. The molecule has 1 N–H and O–H groups in total. The molecule has 1 aromatic heterocycles. The quantitative estimate of drug-likeness (QED) is 0.373. The van der Waals surface area contributed by atoms with Crippen molar-refractivity contribution in [3.63, 3.8) is 0 Å². The van der Waals surface area contributed by atoms with E-state index < -0.39 is 6.04 Å². The highest BCUT2D eigenvalue weighted by Crippen LogP contribution is 2.38. The second-order valence-electron chi connectivity index (χ2n) is 9.68. The summed E-state index contributed by atoms with van der Waals surface area (Å²) in [5.41, 5.74) is 3.53. The van der Waals surface area contributed by atoms with Gasteiger partial charge in [-0.05, 0) is 55.2 Å². The highest BCUT2D eigenvalue weighted by Gasteiger charge is 2.35. The van der Waals surface area contributed by atoms with Crippen molar-refractivity contribution in [1.29, 1.82) is 0 Å². The number of nitrogens with zero attached hydrogens (tertiary/aromatic N) is 4. The summed E-state index contributed by atoms with van der Waals surface area (Å²) in [6.07, 6.45) is 1.82. The fourth-order valence-electron chi connectivity index (χ4n) is 5.12. The van der Waals surface area contributed by atoms with Crippen molar-refractivity contribution in [3.05, 3.63) is 77.9 Å². The van der Waals surface area contributed by atoms with Crippen LogP contribution in [0.5, 0.6) is 11.5 Å². The lowest BCUT2D eigenvalue weighted by molar-refractivity contribution is -0.127. The van der Waals surface area contributed by atoms with Crippen LogP contribution in [0.3, 0.4) is 0 Å². The minimum Gasteiger partial charge on any atom is -0.454 e. The molecule has 3 aromatic carbocycles. The molecule has 2 aliphatic heterocycles. The number of carbonyl (C=O) groups excluding carboxylic acids is 2. The Morgan fingerprint density at radius 2 is 1.90 bits per heavy atom. The Balaban J connectivity index is 1.41. The van der Waals surface area contributed by atoms with E-state index in [4.69, 9.17) is 14.2 Å². The first-order valence-corrected chi connectivity index (χ1v) is 13.0. The Hall–Kier alpha value is -4.44. The summed E-state index contributed by atoms with van der Waals surface area (Å²) in [7, 11) is 0. The van der Waals surface area contributed by atoms with Crippen molar-refractivity contribution in [1.82, 2.24) is 20.3 Å². The Morgan fingerprint density at radius 1 is 1.08 bits per heavy atom. The fourth-order valence-corrected chi connectivity index (χ4v) is 5.12. The van der Waals surface area contributed by atoms with Crippen LogP contribution in [0.4, 0.5) is 5.69 Å². The number of ether oxygens (including phenoxy) is 3. The molecule has 2 amide bonds. The second-order valence-corrected chi connectivity index (χ2v) is 9.68. The minimum atomic E-state index is -0.949. The van der Waals surface area contributed by atoms with Crippen LogP contribution in [-0.2, 0) is 20.9 Å². The van der Waals surface area contributed by atoms with Gasteiger partial charge in [0.15, 0.2) is 11.5 Å². The van der Waals surface area contributed by atoms with Crippen LogP contribution in [0.15, 0.2) is 66.7 Å². The predicted molar refractivity (Wildman–Crippen MR) is 143 cm³/mol. The third-order valence-electron chi connectivity index (χ3n) is 7.13. The zero-order chi connectivity index (χ0) is 26.8. The summed E-state index contributed by atoms with van der Waals surface area (Å²) in [4.78, 5) is 29.7. The lowest BCUT2D eigenvalue weighted by atomic mass is 9.98. The van der Waals surface area contributed by atoms with Crippen LogP contribution >= 0.6 is 0 Å². The molecule has 4 aromatic rings. The smallest absolute Gasteiger partial charge is 0.249 e. The average Bonchev–Trinajstić information content (AvgIpc) is 3.72. The Labute approximate surface area is 225 Å². The molecule has 0 bridgehead atoms. The normalized spacial score (nSPS) is 16.8. The SMILES string of the molecule is Cc1ccccc1[C@H](C(=O)NC[C@@H]1CCCO1)N(C(=O)Cn1nnc2ccccc21)c1ccc2c(c1)OCO2. The van der Waals surface area contributed by atoms with Crippen LogP contribution < -0.4 is 19.7 Å². The predicted octanol–water partition coefficient (Wildman–Crippen LogP) is 3.54. The number of nitrogens with one attached hydrogen (secondary N) is 1. The molecule has 0 radical (unpaired) electrons. The van der Waals surface area contributed by atoms with Crippen molar-refractivity contribution in [2.45, 2.75) is 38.5 Å². The number of aryl methyl sites for hydroxylation is 1. The minimum absolute atomic E-state index is 0.0392. The summed E-state index contributed by atoms with van der Waals surface area (Å²) in [5, 5.41) is 11.4. The van der Waals surface area contributed by atoms with Crippen LogP contribution in [0.25, 0.3) is 11.0 Å². The topological polar surface area (TPSA) is 108 Å². The lowest BCUT2D eigenvalue weighted by Gasteiger charge is -2.32. The Morgan fingerprint density at radius 3 is 2.74 bits per heavy atom. The van der Waals surface area contributed by atoms with E-state index in [1.54, 1.807) is 22.9 Å². The van der Waals surface area contributed by atoms with Gasteiger partial charge in [0.25, 0.3) is 0 Å². The summed E-state index contributed by atoms with van der Waals surface area (Å²) < 4.78 is 18.4. The molecule has 1 fully saturated rings. The molecule has 200 valence electrons. The number of hydrogen-bond donors (Lipinski definition) is 1. The van der Waals surface area contributed by atoms with Crippen molar-refractivity contribution in [2.75, 3.05) is 24.8 Å². The number of para-hydroxylation sites is 1. The highest BCUT2D eigenvalue weighted by molar-refractivity contribution is 6.02. The zero-order valence-electron chi connectivity index (χ0n) is 21.6. The third kappa shape index (κ3) is 5.03. The van der Waals surface area contributed by atoms with Crippen LogP contribution in [0, 0.1) is 6.92 Å². The van der Waals surface area contributed by atoms with Gasteiger partial charge in [0, 0.05) is 24.9 Å². The average molecular weight is 528 g/mol. The van der Waals surface area contributed by atoms with E-state index in [2.05, 4.69) is 15.6 Å². The molecule has 2 aliphatic rings. The standard InChI is InChI=1S/C29H29N5O5/c1-19-7-2-3-9-22(19)28(29(36)30-16-21-8-6-14-37-21)34(20-12-13-25-26(15-20)39-18-38-25)27(35)17-33-24-11-5-4-10-23(24)31-32-33/h2-5,7,9-13,15,21,28H,6,8,14,16-18H2,1H3,(H,30,36)/t21-,28+/m0/s1. The van der Waals surface area contributed by atoms with Gasteiger partial charge in [-0.2, -0.15) is 0 Å². The Bertz CT molecular complexity index is 1510. The molecule has 39 heavy (non-hydrogen) atoms. The number of benzene rings is 3. The van der Waals surface area contributed by atoms with Gasteiger partial charge >= 0.3 is 0 Å². The number of rotatable bonds is 8. The molecule has 2 atom stereocenters. The first-order chi connectivity index (χ1) is 19.1. The number of fused-ring (bicyclic) bond motifs is 2. The van der Waals surface area contributed by atoms with E-state index in [9.17, 15) is 9.59 Å². The molecular weight excluding hydrogens is 498 g/mol.